The highest BCUT2D eigenvalue weighted by molar-refractivity contribution is 5.02. The Morgan fingerprint density at radius 2 is 1.59 bits per heavy atom. The molecule has 0 bridgehead atoms. The van der Waals surface area contributed by atoms with Crippen molar-refractivity contribution in [2.75, 3.05) is 0 Å². The van der Waals surface area contributed by atoms with Crippen molar-refractivity contribution < 1.29 is 0 Å². The van der Waals surface area contributed by atoms with Crippen molar-refractivity contribution in [3.63, 3.8) is 0 Å². The fraction of sp³-hybridized carbons (Fsp3) is 0.882. The molecule has 0 heterocycles. The summed E-state index contributed by atoms with van der Waals surface area (Å²) in [6.45, 7) is 18.9. The van der Waals surface area contributed by atoms with Crippen LogP contribution >= 0.6 is 0 Å². The lowest BCUT2D eigenvalue weighted by molar-refractivity contribution is 0.0478. The second kappa shape index (κ2) is 6.61. The van der Waals surface area contributed by atoms with Gasteiger partial charge >= 0.3 is 0 Å². The van der Waals surface area contributed by atoms with Gasteiger partial charge in [-0.3, -0.25) is 0 Å². The van der Waals surface area contributed by atoms with Crippen LogP contribution in [0.1, 0.15) is 81.1 Å². The Hall–Kier alpha value is -0.260. The van der Waals surface area contributed by atoms with E-state index in [-0.39, 0.29) is 0 Å². The van der Waals surface area contributed by atoms with Gasteiger partial charge in [0.1, 0.15) is 0 Å². The second-order valence-corrected chi connectivity index (χ2v) is 6.88. The van der Waals surface area contributed by atoms with Crippen LogP contribution in [0.5, 0.6) is 0 Å². The van der Waals surface area contributed by atoms with E-state index in [0.29, 0.717) is 10.8 Å². The van der Waals surface area contributed by atoms with E-state index in [2.05, 4.69) is 61.5 Å². The van der Waals surface area contributed by atoms with Gasteiger partial charge in [0.05, 0.1) is 0 Å². The van der Waals surface area contributed by atoms with E-state index < -0.39 is 0 Å². The summed E-state index contributed by atoms with van der Waals surface area (Å²) in [6, 6.07) is 0. The molecule has 0 aromatic heterocycles. The van der Waals surface area contributed by atoms with Crippen LogP contribution in [-0.4, -0.2) is 0 Å². The van der Waals surface area contributed by atoms with Crippen molar-refractivity contribution >= 4 is 0 Å². The molecule has 102 valence electrons. The third-order valence-corrected chi connectivity index (χ3v) is 5.21. The van der Waals surface area contributed by atoms with Crippen LogP contribution in [0, 0.1) is 16.7 Å². The standard InChI is InChI=1S/C17H34/c1-9-11-15(10-2)12-13-16(5,6)17(7,8)14(3)4/h11,14H,9-10,12-13H2,1-8H3. The molecular weight excluding hydrogens is 204 g/mol. The molecule has 0 nitrogen and oxygen atoms in total. The molecule has 0 aliphatic carbocycles. The largest absolute Gasteiger partial charge is 0.0856 e. The molecule has 0 amide bonds. The van der Waals surface area contributed by atoms with Gasteiger partial charge in [-0.25, -0.2) is 0 Å². The van der Waals surface area contributed by atoms with Crippen LogP contribution in [0.3, 0.4) is 0 Å². The number of hydrogen-bond donors (Lipinski definition) is 0. The summed E-state index contributed by atoms with van der Waals surface area (Å²) in [4.78, 5) is 0. The van der Waals surface area contributed by atoms with Crippen molar-refractivity contribution in [1.82, 2.24) is 0 Å². The van der Waals surface area contributed by atoms with Gasteiger partial charge in [0.25, 0.3) is 0 Å². The van der Waals surface area contributed by atoms with Crippen molar-refractivity contribution in [2.24, 2.45) is 16.7 Å². The van der Waals surface area contributed by atoms with Gasteiger partial charge in [-0.1, -0.05) is 67.0 Å². The normalized spacial score (nSPS) is 14.5. The highest BCUT2D eigenvalue weighted by Crippen LogP contribution is 2.47. The van der Waals surface area contributed by atoms with Crippen molar-refractivity contribution in [2.45, 2.75) is 81.1 Å². The van der Waals surface area contributed by atoms with Gasteiger partial charge in [-0.05, 0) is 42.4 Å². The van der Waals surface area contributed by atoms with Gasteiger partial charge < -0.3 is 0 Å². The molecule has 0 N–H and O–H groups in total. The Bertz CT molecular complexity index is 241. The lowest BCUT2D eigenvalue weighted by Crippen LogP contribution is -2.37. The second-order valence-electron chi connectivity index (χ2n) is 6.88. The Kier molecular flexibility index (Phi) is 6.51. The molecule has 0 aliphatic heterocycles. The molecule has 0 atom stereocenters. The summed E-state index contributed by atoms with van der Waals surface area (Å²) in [6.07, 6.45) is 7.38. The highest BCUT2D eigenvalue weighted by Gasteiger charge is 2.38. The Labute approximate surface area is 110 Å². The summed E-state index contributed by atoms with van der Waals surface area (Å²) < 4.78 is 0. The molecule has 0 rings (SSSR count). The van der Waals surface area contributed by atoms with Crippen LogP contribution in [-0.2, 0) is 0 Å². The molecule has 0 unspecified atom stereocenters. The molecule has 0 saturated heterocycles. The summed E-state index contributed by atoms with van der Waals surface area (Å²) in [5, 5.41) is 0. The topological polar surface area (TPSA) is 0 Å². The average Bonchev–Trinajstić information content (AvgIpc) is 2.23. The number of hydrogen-bond acceptors (Lipinski definition) is 0. The molecule has 0 aromatic carbocycles. The molecular formula is C17H34. The van der Waals surface area contributed by atoms with Gasteiger partial charge in [0.15, 0.2) is 0 Å². The molecule has 17 heavy (non-hydrogen) atoms. The minimum absolute atomic E-state index is 0.401. The Balaban J connectivity index is 4.61. The highest BCUT2D eigenvalue weighted by atomic mass is 14.4. The first-order valence-electron chi connectivity index (χ1n) is 7.37. The van der Waals surface area contributed by atoms with Gasteiger partial charge in [0.2, 0.25) is 0 Å². The predicted molar refractivity (Wildman–Crippen MR) is 80.3 cm³/mol. The quantitative estimate of drug-likeness (QED) is 0.462. The molecule has 0 aliphatic rings. The smallest absolute Gasteiger partial charge is 0.0280 e. The van der Waals surface area contributed by atoms with E-state index in [1.165, 1.54) is 25.7 Å². The molecule has 0 spiro atoms. The first-order chi connectivity index (χ1) is 7.69. The van der Waals surface area contributed by atoms with Crippen LogP contribution < -0.4 is 0 Å². The minimum atomic E-state index is 0.401. The number of rotatable bonds is 7. The molecule has 0 saturated carbocycles. The third kappa shape index (κ3) is 4.48. The van der Waals surface area contributed by atoms with Crippen LogP contribution in [0.25, 0.3) is 0 Å². The van der Waals surface area contributed by atoms with E-state index >= 15 is 0 Å². The average molecular weight is 238 g/mol. The maximum atomic E-state index is 2.44. The molecule has 0 radical (unpaired) electrons. The van der Waals surface area contributed by atoms with Crippen LogP contribution in [0.15, 0.2) is 11.6 Å². The zero-order valence-corrected chi connectivity index (χ0v) is 13.5. The van der Waals surface area contributed by atoms with E-state index in [1.807, 2.05) is 0 Å². The summed E-state index contributed by atoms with van der Waals surface area (Å²) in [7, 11) is 0. The van der Waals surface area contributed by atoms with Gasteiger partial charge in [0, 0.05) is 0 Å². The lowest BCUT2D eigenvalue weighted by atomic mass is 9.60. The van der Waals surface area contributed by atoms with E-state index in [0.717, 1.165) is 5.92 Å². The van der Waals surface area contributed by atoms with Gasteiger partial charge in [-0.2, -0.15) is 0 Å². The monoisotopic (exact) mass is 238 g/mol. The van der Waals surface area contributed by atoms with Crippen LogP contribution in [0.2, 0.25) is 0 Å². The maximum absolute atomic E-state index is 2.44. The molecule has 0 aromatic rings. The van der Waals surface area contributed by atoms with Gasteiger partial charge in [-0.15, -0.1) is 0 Å². The zero-order valence-electron chi connectivity index (χ0n) is 13.5. The molecule has 0 fully saturated rings. The minimum Gasteiger partial charge on any atom is -0.0856 e. The predicted octanol–water partition coefficient (Wildman–Crippen LogP) is 6.22. The lowest BCUT2D eigenvalue weighted by Gasteiger charge is -2.45. The Morgan fingerprint density at radius 3 is 1.94 bits per heavy atom. The summed E-state index contributed by atoms with van der Waals surface area (Å²) in [5.74, 6) is 0.734. The maximum Gasteiger partial charge on any atom is -0.0280 e. The fourth-order valence-corrected chi connectivity index (χ4v) is 2.29. The third-order valence-electron chi connectivity index (χ3n) is 5.21. The van der Waals surface area contributed by atoms with Crippen molar-refractivity contribution in [3.8, 4) is 0 Å². The van der Waals surface area contributed by atoms with Crippen molar-refractivity contribution in [3.05, 3.63) is 11.6 Å². The summed E-state index contributed by atoms with van der Waals surface area (Å²) in [5.41, 5.74) is 2.45. The zero-order chi connectivity index (χ0) is 13.7. The van der Waals surface area contributed by atoms with E-state index in [9.17, 15) is 0 Å². The van der Waals surface area contributed by atoms with Crippen molar-refractivity contribution in [1.29, 1.82) is 0 Å². The summed E-state index contributed by atoms with van der Waals surface area (Å²) >= 11 is 0. The SMILES string of the molecule is CCC=C(CC)CCC(C)(C)C(C)(C)C(C)C. The van der Waals surface area contributed by atoms with E-state index in [4.69, 9.17) is 0 Å². The Morgan fingerprint density at radius 1 is 1.06 bits per heavy atom. The number of allylic oxidation sites excluding steroid dienone is 2. The van der Waals surface area contributed by atoms with Crippen LogP contribution in [0.4, 0.5) is 0 Å². The first-order valence-corrected chi connectivity index (χ1v) is 7.37. The fourth-order valence-electron chi connectivity index (χ4n) is 2.29. The first kappa shape index (κ1) is 16.7. The van der Waals surface area contributed by atoms with E-state index in [1.54, 1.807) is 5.57 Å². The molecule has 0 heteroatoms.